The molecule has 2 nitrogen and oxygen atoms in total. The van der Waals surface area contributed by atoms with Gasteiger partial charge in [0.25, 0.3) is 0 Å². The minimum absolute atomic E-state index is 0.869. The quantitative estimate of drug-likeness (QED) is 0.840. The fourth-order valence-corrected chi connectivity index (χ4v) is 1.92. The summed E-state index contributed by atoms with van der Waals surface area (Å²) in [6.07, 6.45) is 3.26. The van der Waals surface area contributed by atoms with E-state index in [9.17, 15) is 10.2 Å². The Hall–Kier alpha value is -0.860. The van der Waals surface area contributed by atoms with Crippen LogP contribution in [-0.2, 0) is 17.6 Å². The van der Waals surface area contributed by atoms with Gasteiger partial charge in [0.1, 0.15) is 0 Å². The first-order valence-corrected chi connectivity index (χ1v) is 6.74. The van der Waals surface area contributed by atoms with Crippen molar-refractivity contribution in [1.82, 2.24) is 0 Å². The van der Waals surface area contributed by atoms with Gasteiger partial charge in [-0.3, -0.25) is 0 Å². The third kappa shape index (κ3) is 4.11. The molecule has 1 rings (SSSR count). The lowest BCUT2D eigenvalue weighted by Gasteiger charge is -2.24. The first kappa shape index (κ1) is 15.2. The highest BCUT2D eigenvalue weighted by Gasteiger charge is 2.22. The lowest BCUT2D eigenvalue weighted by molar-refractivity contribution is 0.0716. The van der Waals surface area contributed by atoms with Crippen LogP contribution in [0.25, 0.3) is 0 Å². The molecule has 0 aliphatic carbocycles. The summed E-state index contributed by atoms with van der Waals surface area (Å²) in [7, 11) is 0. The highest BCUT2D eigenvalue weighted by molar-refractivity contribution is 5.35. The van der Waals surface area contributed by atoms with E-state index in [-0.39, 0.29) is 0 Å². The van der Waals surface area contributed by atoms with E-state index in [0.717, 1.165) is 30.4 Å². The van der Waals surface area contributed by atoms with Gasteiger partial charge >= 0.3 is 0 Å². The molecule has 102 valence electrons. The standard InChI is InChI=1S/C16H26O2/c1-6-7-8-12-9-13(15(2,3)17)11-14(10-12)16(4,5)18/h9-11,17-18H,6-8H2,1-5H3. The highest BCUT2D eigenvalue weighted by atomic mass is 16.3. The fraction of sp³-hybridized carbons (Fsp3) is 0.625. The maximum atomic E-state index is 10.1. The van der Waals surface area contributed by atoms with Crippen LogP contribution in [-0.4, -0.2) is 10.2 Å². The van der Waals surface area contributed by atoms with Crippen LogP contribution in [0, 0.1) is 0 Å². The number of benzene rings is 1. The minimum Gasteiger partial charge on any atom is -0.386 e. The van der Waals surface area contributed by atoms with Gasteiger partial charge in [0, 0.05) is 0 Å². The van der Waals surface area contributed by atoms with Gasteiger partial charge in [0.15, 0.2) is 0 Å². The molecular weight excluding hydrogens is 224 g/mol. The first-order valence-electron chi connectivity index (χ1n) is 6.74. The van der Waals surface area contributed by atoms with E-state index in [1.54, 1.807) is 27.7 Å². The summed E-state index contributed by atoms with van der Waals surface area (Å²) >= 11 is 0. The Morgan fingerprint density at radius 1 is 0.889 bits per heavy atom. The van der Waals surface area contributed by atoms with Crippen molar-refractivity contribution in [3.05, 3.63) is 34.9 Å². The van der Waals surface area contributed by atoms with Gasteiger partial charge < -0.3 is 10.2 Å². The lowest BCUT2D eigenvalue weighted by Crippen LogP contribution is -2.20. The molecule has 2 N–H and O–H groups in total. The molecule has 0 saturated carbocycles. The molecule has 0 fully saturated rings. The number of aryl methyl sites for hydroxylation is 1. The largest absolute Gasteiger partial charge is 0.386 e. The summed E-state index contributed by atoms with van der Waals surface area (Å²) in [5.74, 6) is 0. The molecule has 18 heavy (non-hydrogen) atoms. The normalized spacial score (nSPS) is 12.8. The van der Waals surface area contributed by atoms with E-state index in [1.807, 2.05) is 18.2 Å². The minimum atomic E-state index is -0.873. The molecule has 0 aliphatic rings. The van der Waals surface area contributed by atoms with Gasteiger partial charge in [-0.15, -0.1) is 0 Å². The van der Waals surface area contributed by atoms with Crippen LogP contribution in [0.5, 0.6) is 0 Å². The topological polar surface area (TPSA) is 40.5 Å². The van der Waals surface area contributed by atoms with Crippen molar-refractivity contribution in [2.24, 2.45) is 0 Å². The summed E-state index contributed by atoms with van der Waals surface area (Å²) in [5, 5.41) is 20.3. The maximum Gasteiger partial charge on any atom is 0.0840 e. The number of unbranched alkanes of at least 4 members (excludes halogenated alkanes) is 1. The predicted octanol–water partition coefficient (Wildman–Crippen LogP) is 3.48. The smallest absolute Gasteiger partial charge is 0.0840 e. The summed E-state index contributed by atoms with van der Waals surface area (Å²) in [6, 6.07) is 5.99. The van der Waals surface area contributed by atoms with Gasteiger partial charge in [-0.2, -0.15) is 0 Å². The van der Waals surface area contributed by atoms with Crippen LogP contribution in [0.15, 0.2) is 18.2 Å². The maximum absolute atomic E-state index is 10.1. The van der Waals surface area contributed by atoms with Crippen molar-refractivity contribution >= 4 is 0 Å². The van der Waals surface area contributed by atoms with Crippen molar-refractivity contribution in [3.8, 4) is 0 Å². The Bertz CT molecular complexity index is 362. The van der Waals surface area contributed by atoms with E-state index >= 15 is 0 Å². The SMILES string of the molecule is CCCCc1cc(C(C)(C)O)cc(C(C)(C)O)c1. The third-order valence-electron chi connectivity index (χ3n) is 3.22. The zero-order valence-corrected chi connectivity index (χ0v) is 12.2. The second-order valence-electron chi connectivity index (χ2n) is 6.14. The number of aliphatic hydroxyl groups is 2. The van der Waals surface area contributed by atoms with E-state index in [0.29, 0.717) is 0 Å². The molecule has 0 amide bonds. The Balaban J connectivity index is 3.21. The monoisotopic (exact) mass is 250 g/mol. The van der Waals surface area contributed by atoms with Gasteiger partial charge in [0.2, 0.25) is 0 Å². The van der Waals surface area contributed by atoms with Crippen molar-refractivity contribution in [2.75, 3.05) is 0 Å². The Morgan fingerprint density at radius 3 is 1.67 bits per heavy atom. The van der Waals surface area contributed by atoms with E-state index in [1.165, 1.54) is 5.56 Å². The van der Waals surface area contributed by atoms with Crippen molar-refractivity contribution in [3.63, 3.8) is 0 Å². The number of rotatable bonds is 5. The third-order valence-corrected chi connectivity index (χ3v) is 3.22. The Morgan fingerprint density at radius 2 is 1.33 bits per heavy atom. The fourth-order valence-electron chi connectivity index (χ4n) is 1.92. The van der Waals surface area contributed by atoms with Crippen molar-refractivity contribution in [1.29, 1.82) is 0 Å². The van der Waals surface area contributed by atoms with Gasteiger partial charge in [-0.05, 0) is 57.2 Å². The first-order chi connectivity index (χ1) is 8.14. The van der Waals surface area contributed by atoms with Crippen LogP contribution in [0.1, 0.15) is 64.2 Å². The molecule has 0 atom stereocenters. The Labute approximate surface area is 111 Å². The number of hydrogen-bond donors (Lipinski definition) is 2. The number of hydrogen-bond acceptors (Lipinski definition) is 2. The van der Waals surface area contributed by atoms with E-state index in [2.05, 4.69) is 6.92 Å². The summed E-state index contributed by atoms with van der Waals surface area (Å²) in [5.41, 5.74) is 1.18. The summed E-state index contributed by atoms with van der Waals surface area (Å²) in [6.45, 7) is 9.27. The van der Waals surface area contributed by atoms with Crippen LogP contribution in [0.4, 0.5) is 0 Å². The highest BCUT2D eigenvalue weighted by Crippen LogP contribution is 2.28. The molecule has 0 unspecified atom stereocenters. The molecule has 0 spiro atoms. The zero-order chi connectivity index (χ0) is 14.0. The van der Waals surface area contributed by atoms with E-state index < -0.39 is 11.2 Å². The van der Waals surface area contributed by atoms with Gasteiger partial charge in [0.05, 0.1) is 11.2 Å². The van der Waals surface area contributed by atoms with Crippen molar-refractivity contribution < 1.29 is 10.2 Å². The predicted molar refractivity (Wildman–Crippen MR) is 75.5 cm³/mol. The van der Waals surface area contributed by atoms with E-state index in [4.69, 9.17) is 0 Å². The summed E-state index contributed by atoms with van der Waals surface area (Å²) in [4.78, 5) is 0. The zero-order valence-electron chi connectivity index (χ0n) is 12.2. The molecule has 1 aromatic rings. The van der Waals surface area contributed by atoms with Crippen LogP contribution >= 0.6 is 0 Å². The second kappa shape index (κ2) is 5.41. The van der Waals surface area contributed by atoms with Crippen LogP contribution < -0.4 is 0 Å². The average molecular weight is 250 g/mol. The molecular formula is C16H26O2. The Kier molecular flexibility index (Phi) is 4.57. The van der Waals surface area contributed by atoms with Crippen LogP contribution in [0.2, 0.25) is 0 Å². The molecule has 0 radical (unpaired) electrons. The molecule has 0 heterocycles. The second-order valence-corrected chi connectivity index (χ2v) is 6.14. The molecule has 1 aromatic carbocycles. The van der Waals surface area contributed by atoms with Gasteiger partial charge in [-0.1, -0.05) is 31.5 Å². The molecule has 0 aromatic heterocycles. The molecule has 2 heteroatoms. The van der Waals surface area contributed by atoms with Crippen molar-refractivity contribution in [2.45, 2.75) is 65.1 Å². The molecule has 0 bridgehead atoms. The lowest BCUT2D eigenvalue weighted by atomic mass is 9.88. The molecule has 0 saturated heterocycles. The van der Waals surface area contributed by atoms with Crippen LogP contribution in [0.3, 0.4) is 0 Å². The van der Waals surface area contributed by atoms with Gasteiger partial charge in [-0.25, -0.2) is 0 Å². The summed E-state index contributed by atoms with van der Waals surface area (Å²) < 4.78 is 0. The average Bonchev–Trinajstić information content (AvgIpc) is 2.23. The molecule has 0 aliphatic heterocycles.